The number of sulfonamides is 1. The van der Waals surface area contributed by atoms with E-state index in [1.807, 2.05) is 0 Å². The van der Waals surface area contributed by atoms with Crippen LogP contribution in [0.3, 0.4) is 0 Å². The molecule has 0 atom stereocenters. The summed E-state index contributed by atoms with van der Waals surface area (Å²) in [6.07, 6.45) is 2.45. The number of pyridine rings is 1. The summed E-state index contributed by atoms with van der Waals surface area (Å²) >= 11 is 1.79. The smallest absolute Gasteiger partial charge is 0.244 e. The summed E-state index contributed by atoms with van der Waals surface area (Å²) in [6, 6.07) is 3.35. The van der Waals surface area contributed by atoms with Gasteiger partial charge in [-0.1, -0.05) is 6.92 Å². The molecule has 2 rings (SSSR count). The van der Waals surface area contributed by atoms with E-state index in [0.29, 0.717) is 13.1 Å². The molecular weight excluding hydrogens is 282 g/mol. The Morgan fingerprint density at radius 3 is 2.68 bits per heavy atom. The van der Waals surface area contributed by atoms with Crippen molar-refractivity contribution in [1.82, 2.24) is 9.29 Å². The lowest BCUT2D eigenvalue weighted by molar-refractivity contribution is 0.443. The maximum Gasteiger partial charge on any atom is 0.244 e. The molecule has 0 spiro atoms. The minimum absolute atomic E-state index is 0.279. The summed E-state index contributed by atoms with van der Waals surface area (Å²) in [4.78, 5) is 4.43. The molecule has 1 aromatic rings. The number of rotatable bonds is 5. The van der Waals surface area contributed by atoms with E-state index in [-0.39, 0.29) is 4.90 Å². The number of hydrogen-bond donors (Lipinski definition) is 1. The number of aromatic nitrogens is 1. The number of thioether (sulfide) groups is 1. The van der Waals surface area contributed by atoms with Crippen molar-refractivity contribution in [2.75, 3.05) is 36.5 Å². The normalized spacial score (nSPS) is 17.3. The average Bonchev–Trinajstić information content (AvgIpc) is 2.46. The zero-order chi connectivity index (χ0) is 13.7. The highest BCUT2D eigenvalue weighted by atomic mass is 32.2. The van der Waals surface area contributed by atoms with Gasteiger partial charge in [-0.25, -0.2) is 13.4 Å². The van der Waals surface area contributed by atoms with Gasteiger partial charge in [-0.15, -0.1) is 0 Å². The largest absolute Gasteiger partial charge is 0.370 e. The number of nitrogens with zero attached hydrogens (tertiary/aromatic N) is 2. The zero-order valence-electron chi connectivity index (χ0n) is 11.0. The Kier molecular flexibility index (Phi) is 5.06. The fourth-order valence-electron chi connectivity index (χ4n) is 1.83. The molecule has 0 aliphatic carbocycles. The van der Waals surface area contributed by atoms with Crippen LogP contribution in [0.15, 0.2) is 23.2 Å². The summed E-state index contributed by atoms with van der Waals surface area (Å²) in [5, 5.41) is 3.13. The van der Waals surface area contributed by atoms with E-state index in [2.05, 4.69) is 17.2 Å². The van der Waals surface area contributed by atoms with Crippen molar-refractivity contribution in [2.24, 2.45) is 0 Å². The Bertz CT molecular complexity index is 496. The summed E-state index contributed by atoms with van der Waals surface area (Å²) in [5.41, 5.74) is 0. The molecule has 0 amide bonds. The third kappa shape index (κ3) is 3.61. The molecule has 0 unspecified atom stereocenters. The molecule has 1 aliphatic rings. The molecule has 1 fully saturated rings. The summed E-state index contributed by atoms with van der Waals surface area (Å²) in [7, 11) is -3.37. The standard InChI is InChI=1S/C12H19N3O2S2/c1-2-5-13-12-4-3-11(10-14-12)19(16,17)15-6-8-18-9-7-15/h3-4,10H,2,5-9H2,1H3,(H,13,14). The molecule has 1 aromatic heterocycles. The molecule has 19 heavy (non-hydrogen) atoms. The average molecular weight is 301 g/mol. The van der Waals surface area contributed by atoms with Crippen LogP contribution >= 0.6 is 11.8 Å². The number of hydrogen-bond acceptors (Lipinski definition) is 5. The van der Waals surface area contributed by atoms with E-state index >= 15 is 0 Å². The van der Waals surface area contributed by atoms with Gasteiger partial charge in [0.25, 0.3) is 0 Å². The van der Waals surface area contributed by atoms with Gasteiger partial charge in [-0.05, 0) is 18.6 Å². The first kappa shape index (κ1) is 14.6. The minimum atomic E-state index is -3.37. The summed E-state index contributed by atoms with van der Waals surface area (Å²) in [5.74, 6) is 2.45. The maximum absolute atomic E-state index is 12.4. The van der Waals surface area contributed by atoms with Gasteiger partial charge in [0.2, 0.25) is 10.0 Å². The molecule has 1 N–H and O–H groups in total. The maximum atomic E-state index is 12.4. The van der Waals surface area contributed by atoms with Crippen LogP contribution in [0.4, 0.5) is 5.82 Å². The van der Waals surface area contributed by atoms with Gasteiger partial charge in [0.1, 0.15) is 10.7 Å². The molecule has 106 valence electrons. The first-order chi connectivity index (χ1) is 9.14. The lowest BCUT2D eigenvalue weighted by Gasteiger charge is -2.25. The van der Waals surface area contributed by atoms with Crippen molar-refractivity contribution in [3.8, 4) is 0 Å². The molecule has 1 saturated heterocycles. The molecule has 0 saturated carbocycles. The van der Waals surface area contributed by atoms with Crippen LogP contribution in [0.5, 0.6) is 0 Å². The highest BCUT2D eigenvalue weighted by Crippen LogP contribution is 2.20. The third-order valence-corrected chi connectivity index (χ3v) is 5.72. The molecule has 0 bridgehead atoms. The van der Waals surface area contributed by atoms with Gasteiger partial charge in [0.05, 0.1) is 0 Å². The third-order valence-electron chi connectivity index (χ3n) is 2.90. The second-order valence-electron chi connectivity index (χ2n) is 4.32. The van der Waals surface area contributed by atoms with Crippen molar-refractivity contribution >= 4 is 27.6 Å². The topological polar surface area (TPSA) is 62.3 Å². The van der Waals surface area contributed by atoms with Crippen molar-refractivity contribution < 1.29 is 8.42 Å². The fraction of sp³-hybridized carbons (Fsp3) is 0.583. The molecule has 1 aliphatic heterocycles. The molecular formula is C12H19N3O2S2. The highest BCUT2D eigenvalue weighted by molar-refractivity contribution is 7.99. The van der Waals surface area contributed by atoms with E-state index in [1.165, 1.54) is 6.20 Å². The van der Waals surface area contributed by atoms with Crippen LogP contribution in [-0.4, -0.2) is 48.8 Å². The Labute approximate surface area is 118 Å². The number of nitrogens with one attached hydrogen (secondary N) is 1. The van der Waals surface area contributed by atoms with Crippen molar-refractivity contribution in [2.45, 2.75) is 18.2 Å². The monoisotopic (exact) mass is 301 g/mol. The minimum Gasteiger partial charge on any atom is -0.370 e. The van der Waals surface area contributed by atoms with Gasteiger partial charge >= 0.3 is 0 Å². The Morgan fingerprint density at radius 2 is 2.11 bits per heavy atom. The van der Waals surface area contributed by atoms with Gasteiger partial charge in [0.15, 0.2) is 0 Å². The van der Waals surface area contributed by atoms with Crippen molar-refractivity contribution in [3.05, 3.63) is 18.3 Å². The zero-order valence-corrected chi connectivity index (χ0v) is 12.6. The van der Waals surface area contributed by atoms with E-state index in [1.54, 1.807) is 28.2 Å². The summed E-state index contributed by atoms with van der Waals surface area (Å²) in [6.45, 7) is 4.08. The van der Waals surface area contributed by atoms with E-state index in [9.17, 15) is 8.42 Å². The Morgan fingerprint density at radius 1 is 1.37 bits per heavy atom. The van der Waals surface area contributed by atoms with E-state index in [0.717, 1.165) is 30.3 Å². The summed E-state index contributed by atoms with van der Waals surface area (Å²) < 4.78 is 26.3. The van der Waals surface area contributed by atoms with E-state index in [4.69, 9.17) is 0 Å². The molecule has 5 nitrogen and oxygen atoms in total. The SMILES string of the molecule is CCCNc1ccc(S(=O)(=O)N2CCSCC2)cn1. The van der Waals surface area contributed by atoms with Crippen molar-refractivity contribution in [3.63, 3.8) is 0 Å². The first-order valence-electron chi connectivity index (χ1n) is 6.42. The van der Waals surface area contributed by atoms with Gasteiger partial charge in [-0.2, -0.15) is 16.1 Å². The van der Waals surface area contributed by atoms with Crippen LogP contribution in [-0.2, 0) is 10.0 Å². The second kappa shape index (κ2) is 6.58. The van der Waals surface area contributed by atoms with E-state index < -0.39 is 10.0 Å². The Hall–Kier alpha value is -0.790. The Balaban J connectivity index is 2.11. The first-order valence-corrected chi connectivity index (χ1v) is 9.02. The van der Waals surface area contributed by atoms with Crippen LogP contribution in [0, 0.1) is 0 Å². The second-order valence-corrected chi connectivity index (χ2v) is 7.49. The highest BCUT2D eigenvalue weighted by Gasteiger charge is 2.26. The molecule has 0 aromatic carbocycles. The quantitative estimate of drug-likeness (QED) is 0.896. The number of anilines is 1. The van der Waals surface area contributed by atoms with Crippen LogP contribution in [0.25, 0.3) is 0 Å². The molecule has 2 heterocycles. The van der Waals surface area contributed by atoms with Gasteiger partial charge in [0, 0.05) is 37.3 Å². The van der Waals surface area contributed by atoms with Crippen LogP contribution in [0.1, 0.15) is 13.3 Å². The lowest BCUT2D eigenvalue weighted by atomic mass is 10.4. The lowest BCUT2D eigenvalue weighted by Crippen LogP contribution is -2.37. The fourth-order valence-corrected chi connectivity index (χ4v) is 4.35. The predicted octanol–water partition coefficient (Wildman–Crippen LogP) is 1.64. The predicted molar refractivity (Wildman–Crippen MR) is 79.1 cm³/mol. The molecule has 7 heteroatoms. The van der Waals surface area contributed by atoms with Gasteiger partial charge in [-0.3, -0.25) is 0 Å². The van der Waals surface area contributed by atoms with Crippen LogP contribution in [0.2, 0.25) is 0 Å². The van der Waals surface area contributed by atoms with Gasteiger partial charge < -0.3 is 5.32 Å². The van der Waals surface area contributed by atoms with Crippen LogP contribution < -0.4 is 5.32 Å². The molecule has 0 radical (unpaired) electrons. The van der Waals surface area contributed by atoms with Crippen molar-refractivity contribution in [1.29, 1.82) is 0 Å².